The predicted molar refractivity (Wildman–Crippen MR) is 94.8 cm³/mol. The van der Waals surface area contributed by atoms with Crippen LogP contribution >= 0.6 is 0 Å². The van der Waals surface area contributed by atoms with Crippen molar-refractivity contribution in [2.45, 2.75) is 5.92 Å². The van der Waals surface area contributed by atoms with E-state index < -0.39 is 0 Å². The van der Waals surface area contributed by atoms with Gasteiger partial charge < -0.3 is 24.7 Å². The van der Waals surface area contributed by atoms with Gasteiger partial charge >= 0.3 is 0 Å². The van der Waals surface area contributed by atoms with Gasteiger partial charge in [0.1, 0.15) is 23.1 Å². The molecule has 0 unspecified atom stereocenters. The minimum atomic E-state index is -0.333. The lowest BCUT2D eigenvalue weighted by atomic mass is 9.88. The first-order chi connectivity index (χ1) is 12.7. The number of methoxy groups -OCH3 is 1. The molecule has 0 fully saturated rings. The van der Waals surface area contributed by atoms with Gasteiger partial charge in [0, 0.05) is 17.5 Å². The van der Waals surface area contributed by atoms with Crippen molar-refractivity contribution < 1.29 is 18.9 Å². The summed E-state index contributed by atoms with van der Waals surface area (Å²) in [6.07, 6.45) is 3.87. The van der Waals surface area contributed by atoms with Crippen molar-refractivity contribution in [3.8, 4) is 29.1 Å². The van der Waals surface area contributed by atoms with Crippen molar-refractivity contribution in [2.24, 2.45) is 5.73 Å². The first-order valence-corrected chi connectivity index (χ1v) is 8.03. The van der Waals surface area contributed by atoms with E-state index in [2.05, 4.69) is 6.07 Å². The molecule has 4 rings (SSSR count). The van der Waals surface area contributed by atoms with Crippen LogP contribution < -0.4 is 24.7 Å². The van der Waals surface area contributed by atoms with Crippen LogP contribution in [-0.4, -0.2) is 13.9 Å². The van der Waals surface area contributed by atoms with Gasteiger partial charge in [0.25, 0.3) is 0 Å². The lowest BCUT2D eigenvalue weighted by Crippen LogP contribution is -2.19. The van der Waals surface area contributed by atoms with Gasteiger partial charge in [-0.05, 0) is 23.8 Å². The third kappa shape index (κ3) is 2.70. The van der Waals surface area contributed by atoms with Crippen molar-refractivity contribution in [2.75, 3.05) is 13.9 Å². The van der Waals surface area contributed by atoms with Gasteiger partial charge in [-0.2, -0.15) is 5.26 Å². The SMILES string of the molecule is COc1ccc(/C=C/[C@@H]2C(C#N)=C(N)Oc3cc4c(cc32)OCO4)cc1. The van der Waals surface area contributed by atoms with Crippen molar-refractivity contribution in [3.63, 3.8) is 0 Å². The smallest absolute Gasteiger partial charge is 0.231 e. The predicted octanol–water partition coefficient (Wildman–Crippen LogP) is 3.31. The molecule has 130 valence electrons. The van der Waals surface area contributed by atoms with Crippen LogP contribution in [-0.2, 0) is 0 Å². The number of nitrogens with two attached hydrogens (primary N) is 1. The van der Waals surface area contributed by atoms with Gasteiger partial charge in [-0.1, -0.05) is 24.3 Å². The second kappa shape index (κ2) is 6.37. The molecule has 0 saturated carbocycles. The maximum atomic E-state index is 9.54. The summed E-state index contributed by atoms with van der Waals surface area (Å²) in [5.41, 5.74) is 8.11. The Morgan fingerprint density at radius 1 is 1.15 bits per heavy atom. The second-order valence-electron chi connectivity index (χ2n) is 5.85. The van der Waals surface area contributed by atoms with E-state index in [1.54, 1.807) is 13.2 Å². The maximum Gasteiger partial charge on any atom is 0.231 e. The van der Waals surface area contributed by atoms with Gasteiger partial charge in [0.2, 0.25) is 12.7 Å². The van der Waals surface area contributed by atoms with Gasteiger partial charge in [0.15, 0.2) is 11.5 Å². The van der Waals surface area contributed by atoms with E-state index >= 15 is 0 Å². The molecule has 2 aliphatic heterocycles. The molecule has 0 saturated heterocycles. The Bertz CT molecular complexity index is 955. The molecular formula is C20H16N2O4. The summed E-state index contributed by atoms with van der Waals surface area (Å²) in [6, 6.07) is 13.4. The summed E-state index contributed by atoms with van der Waals surface area (Å²) < 4.78 is 21.6. The number of nitrogens with zero attached hydrogens (tertiary/aromatic N) is 1. The monoisotopic (exact) mass is 348 g/mol. The summed E-state index contributed by atoms with van der Waals surface area (Å²) in [7, 11) is 1.63. The Hall–Kier alpha value is -3.59. The highest BCUT2D eigenvalue weighted by Gasteiger charge is 2.30. The normalized spacial score (nSPS) is 17.6. The lowest BCUT2D eigenvalue weighted by molar-refractivity contribution is 0.174. The minimum absolute atomic E-state index is 0.100. The largest absolute Gasteiger partial charge is 0.497 e. The third-order valence-corrected chi connectivity index (χ3v) is 4.35. The number of nitriles is 1. The molecular weight excluding hydrogens is 332 g/mol. The number of benzene rings is 2. The zero-order valence-corrected chi connectivity index (χ0v) is 14.1. The van der Waals surface area contributed by atoms with Gasteiger partial charge in [0.05, 0.1) is 7.11 Å². The van der Waals surface area contributed by atoms with Crippen molar-refractivity contribution >= 4 is 6.08 Å². The zero-order valence-electron chi connectivity index (χ0n) is 14.1. The number of rotatable bonds is 3. The number of ether oxygens (including phenoxy) is 4. The summed E-state index contributed by atoms with van der Waals surface area (Å²) in [5, 5.41) is 9.54. The zero-order chi connectivity index (χ0) is 18.1. The van der Waals surface area contributed by atoms with Crippen molar-refractivity contribution in [1.82, 2.24) is 0 Å². The molecule has 0 bridgehead atoms. The summed E-state index contributed by atoms with van der Waals surface area (Å²) in [4.78, 5) is 0. The molecule has 6 heteroatoms. The molecule has 2 N–H and O–H groups in total. The Balaban J connectivity index is 1.73. The van der Waals surface area contributed by atoms with E-state index in [-0.39, 0.29) is 18.6 Å². The Kier molecular flexibility index (Phi) is 3.90. The summed E-state index contributed by atoms with van der Waals surface area (Å²) in [5.74, 6) is 2.36. The summed E-state index contributed by atoms with van der Waals surface area (Å²) >= 11 is 0. The number of hydrogen-bond acceptors (Lipinski definition) is 6. The fraction of sp³-hybridized carbons (Fsp3) is 0.150. The highest BCUT2D eigenvalue weighted by atomic mass is 16.7. The van der Waals surface area contributed by atoms with E-state index in [0.717, 1.165) is 16.9 Å². The molecule has 0 aromatic heterocycles. The van der Waals surface area contributed by atoms with E-state index in [1.165, 1.54) is 0 Å². The average Bonchev–Trinajstić information content (AvgIpc) is 3.12. The van der Waals surface area contributed by atoms with E-state index in [0.29, 0.717) is 22.8 Å². The highest BCUT2D eigenvalue weighted by Crippen LogP contribution is 2.46. The van der Waals surface area contributed by atoms with E-state index in [1.807, 2.05) is 42.5 Å². The Labute approximate surface area is 150 Å². The van der Waals surface area contributed by atoms with Crippen LogP contribution in [0.25, 0.3) is 6.08 Å². The minimum Gasteiger partial charge on any atom is -0.497 e. The molecule has 2 aromatic carbocycles. The average molecular weight is 348 g/mol. The third-order valence-electron chi connectivity index (χ3n) is 4.35. The summed E-state index contributed by atoms with van der Waals surface area (Å²) in [6.45, 7) is 0.165. The van der Waals surface area contributed by atoms with Crippen LogP contribution in [0, 0.1) is 11.3 Å². The lowest BCUT2D eigenvalue weighted by Gasteiger charge is -2.24. The van der Waals surface area contributed by atoms with Crippen LogP contribution in [0.15, 0.2) is 53.9 Å². The standard InChI is InChI=1S/C20H16N2O4/c1-23-13-5-2-12(3-6-13)4-7-14-15-8-18-19(25-11-24-18)9-17(15)26-20(22)16(14)10-21/h2-9,14H,11,22H2,1H3/b7-4+/t14-/m0/s1. The first-order valence-electron chi connectivity index (χ1n) is 8.03. The fourth-order valence-corrected chi connectivity index (χ4v) is 3.00. The van der Waals surface area contributed by atoms with Crippen LogP contribution in [0.4, 0.5) is 0 Å². The molecule has 2 aliphatic rings. The van der Waals surface area contributed by atoms with Crippen LogP contribution in [0.1, 0.15) is 17.0 Å². The highest BCUT2D eigenvalue weighted by molar-refractivity contribution is 5.62. The second-order valence-corrected chi connectivity index (χ2v) is 5.85. The van der Waals surface area contributed by atoms with Gasteiger partial charge in [-0.15, -0.1) is 0 Å². The van der Waals surface area contributed by atoms with Crippen molar-refractivity contribution in [3.05, 3.63) is 65.1 Å². The molecule has 6 nitrogen and oxygen atoms in total. The van der Waals surface area contributed by atoms with Gasteiger partial charge in [-0.25, -0.2) is 0 Å². The molecule has 0 radical (unpaired) electrons. The topological polar surface area (TPSA) is 86.7 Å². The van der Waals surface area contributed by atoms with Crippen molar-refractivity contribution in [1.29, 1.82) is 5.26 Å². The van der Waals surface area contributed by atoms with Gasteiger partial charge in [-0.3, -0.25) is 0 Å². The molecule has 0 aliphatic carbocycles. The van der Waals surface area contributed by atoms with E-state index in [9.17, 15) is 5.26 Å². The molecule has 26 heavy (non-hydrogen) atoms. The number of hydrogen-bond donors (Lipinski definition) is 1. The molecule has 2 heterocycles. The molecule has 0 spiro atoms. The van der Waals surface area contributed by atoms with Crippen LogP contribution in [0.2, 0.25) is 0 Å². The first kappa shape index (κ1) is 15.9. The van der Waals surface area contributed by atoms with E-state index in [4.69, 9.17) is 24.7 Å². The fourth-order valence-electron chi connectivity index (χ4n) is 3.00. The molecule has 0 amide bonds. The Morgan fingerprint density at radius 2 is 1.88 bits per heavy atom. The Morgan fingerprint density at radius 3 is 2.58 bits per heavy atom. The quantitative estimate of drug-likeness (QED) is 0.916. The molecule has 2 aromatic rings. The molecule has 1 atom stereocenters. The number of allylic oxidation sites excluding steroid dienone is 2. The maximum absolute atomic E-state index is 9.54. The van der Waals surface area contributed by atoms with Crippen LogP contribution in [0.3, 0.4) is 0 Å². The number of fused-ring (bicyclic) bond motifs is 2. The van der Waals surface area contributed by atoms with Crippen LogP contribution in [0.5, 0.6) is 23.0 Å².